The summed E-state index contributed by atoms with van der Waals surface area (Å²) in [5.41, 5.74) is 1.40. The smallest absolute Gasteiger partial charge is 0.147 e. The quantitative estimate of drug-likeness (QED) is 0.892. The van der Waals surface area contributed by atoms with E-state index < -0.39 is 9.84 Å². The Hall–Kier alpha value is -1.36. The van der Waals surface area contributed by atoms with Crippen LogP contribution in [0.15, 0.2) is 24.4 Å². The Morgan fingerprint density at radius 3 is 2.81 bits per heavy atom. The third-order valence-electron chi connectivity index (χ3n) is 2.48. The maximum absolute atomic E-state index is 13.5. The average Bonchev–Trinajstić information content (AvgIpc) is 2.58. The Bertz CT molecular complexity index is 616. The Kier molecular flexibility index (Phi) is 2.71. The highest BCUT2D eigenvalue weighted by atomic mass is 32.2. The highest BCUT2D eigenvalue weighted by molar-refractivity contribution is 7.90. The molecule has 0 saturated carbocycles. The minimum Gasteiger partial charge on any atom is -0.361 e. The number of halogens is 1. The van der Waals surface area contributed by atoms with Gasteiger partial charge in [0, 0.05) is 23.4 Å². The molecule has 16 heavy (non-hydrogen) atoms. The summed E-state index contributed by atoms with van der Waals surface area (Å²) in [7, 11) is -3.02. The maximum atomic E-state index is 13.5. The van der Waals surface area contributed by atoms with Crippen molar-refractivity contribution in [1.82, 2.24) is 4.98 Å². The summed E-state index contributed by atoms with van der Waals surface area (Å²) >= 11 is 0. The molecule has 0 radical (unpaired) electrons. The second-order valence-electron chi connectivity index (χ2n) is 3.86. The fourth-order valence-corrected chi connectivity index (χ4v) is 2.29. The van der Waals surface area contributed by atoms with Gasteiger partial charge in [-0.05, 0) is 24.1 Å². The largest absolute Gasteiger partial charge is 0.361 e. The number of hydrogen-bond acceptors (Lipinski definition) is 2. The minimum atomic E-state index is -3.02. The van der Waals surface area contributed by atoms with Crippen molar-refractivity contribution in [2.75, 3.05) is 12.0 Å². The van der Waals surface area contributed by atoms with Crippen molar-refractivity contribution in [1.29, 1.82) is 0 Å². The van der Waals surface area contributed by atoms with Crippen LogP contribution in [0.5, 0.6) is 0 Å². The molecule has 0 saturated heterocycles. The van der Waals surface area contributed by atoms with Gasteiger partial charge >= 0.3 is 0 Å². The molecule has 2 aromatic rings. The zero-order chi connectivity index (χ0) is 11.8. The van der Waals surface area contributed by atoms with Crippen LogP contribution in [-0.4, -0.2) is 25.4 Å². The number of H-pyrrole nitrogens is 1. The monoisotopic (exact) mass is 241 g/mol. The predicted octanol–water partition coefficient (Wildman–Crippen LogP) is 1.89. The van der Waals surface area contributed by atoms with Crippen LogP contribution < -0.4 is 0 Å². The molecule has 5 heteroatoms. The number of aromatic amines is 1. The number of nitrogens with one attached hydrogen (secondary N) is 1. The standard InChI is InChI=1S/C11H12FNO2S/c1-16(14,15)6-5-8-7-13-10-4-2-3-9(12)11(8)10/h2-4,7,13H,5-6H2,1H3. The van der Waals surface area contributed by atoms with Crippen molar-refractivity contribution in [2.24, 2.45) is 0 Å². The van der Waals surface area contributed by atoms with Crippen molar-refractivity contribution in [2.45, 2.75) is 6.42 Å². The van der Waals surface area contributed by atoms with Crippen LogP contribution in [0.1, 0.15) is 5.56 Å². The van der Waals surface area contributed by atoms with E-state index in [0.29, 0.717) is 22.9 Å². The number of aryl methyl sites for hydroxylation is 1. The summed E-state index contributed by atoms with van der Waals surface area (Å²) in [6.07, 6.45) is 3.18. The second kappa shape index (κ2) is 3.90. The van der Waals surface area contributed by atoms with Gasteiger partial charge in [-0.15, -0.1) is 0 Å². The summed E-state index contributed by atoms with van der Waals surface area (Å²) in [6.45, 7) is 0. The molecule has 0 spiro atoms. The van der Waals surface area contributed by atoms with Gasteiger partial charge in [-0.3, -0.25) is 0 Å². The van der Waals surface area contributed by atoms with Crippen molar-refractivity contribution in [3.8, 4) is 0 Å². The molecule has 0 bridgehead atoms. The van der Waals surface area contributed by atoms with Crippen molar-refractivity contribution < 1.29 is 12.8 Å². The number of fused-ring (bicyclic) bond motifs is 1. The highest BCUT2D eigenvalue weighted by Gasteiger charge is 2.10. The lowest BCUT2D eigenvalue weighted by Gasteiger charge is -1.99. The van der Waals surface area contributed by atoms with Crippen LogP contribution in [0, 0.1) is 5.82 Å². The van der Waals surface area contributed by atoms with E-state index in [1.54, 1.807) is 18.3 Å². The van der Waals surface area contributed by atoms with E-state index in [-0.39, 0.29) is 11.6 Å². The molecular formula is C11H12FNO2S. The molecule has 0 amide bonds. The first-order valence-electron chi connectivity index (χ1n) is 4.89. The number of sulfone groups is 1. The van der Waals surface area contributed by atoms with Gasteiger partial charge in [-0.25, -0.2) is 12.8 Å². The summed E-state index contributed by atoms with van der Waals surface area (Å²) in [5, 5.41) is 0.492. The molecule has 1 N–H and O–H groups in total. The van der Waals surface area contributed by atoms with E-state index in [0.717, 1.165) is 0 Å². The van der Waals surface area contributed by atoms with Crippen LogP contribution in [0.25, 0.3) is 10.9 Å². The highest BCUT2D eigenvalue weighted by Crippen LogP contribution is 2.21. The van der Waals surface area contributed by atoms with E-state index in [2.05, 4.69) is 4.98 Å². The molecule has 3 nitrogen and oxygen atoms in total. The van der Waals surface area contributed by atoms with Crippen LogP contribution in [0.2, 0.25) is 0 Å². The topological polar surface area (TPSA) is 49.9 Å². The molecule has 1 heterocycles. The number of hydrogen-bond donors (Lipinski definition) is 1. The second-order valence-corrected chi connectivity index (χ2v) is 6.12. The fraction of sp³-hybridized carbons (Fsp3) is 0.273. The van der Waals surface area contributed by atoms with Crippen LogP contribution >= 0.6 is 0 Å². The average molecular weight is 241 g/mol. The fourth-order valence-electron chi connectivity index (χ4n) is 1.70. The van der Waals surface area contributed by atoms with E-state index in [1.165, 1.54) is 12.3 Å². The van der Waals surface area contributed by atoms with Crippen LogP contribution in [0.3, 0.4) is 0 Å². The Balaban J connectivity index is 2.39. The minimum absolute atomic E-state index is 0.0360. The van der Waals surface area contributed by atoms with Crippen LogP contribution in [0.4, 0.5) is 4.39 Å². The molecule has 0 unspecified atom stereocenters. The zero-order valence-corrected chi connectivity index (χ0v) is 9.64. The van der Waals surface area contributed by atoms with E-state index >= 15 is 0 Å². The normalized spacial score (nSPS) is 12.1. The Morgan fingerprint density at radius 2 is 2.12 bits per heavy atom. The summed E-state index contributed by atoms with van der Waals surface area (Å²) in [6, 6.07) is 4.76. The summed E-state index contributed by atoms with van der Waals surface area (Å²) < 4.78 is 35.6. The van der Waals surface area contributed by atoms with Gasteiger partial charge in [0.2, 0.25) is 0 Å². The van der Waals surface area contributed by atoms with Crippen molar-refractivity contribution in [3.05, 3.63) is 35.8 Å². The SMILES string of the molecule is CS(=O)(=O)CCc1c[nH]c2cccc(F)c12. The molecule has 0 fully saturated rings. The third-order valence-corrected chi connectivity index (χ3v) is 3.42. The predicted molar refractivity (Wildman–Crippen MR) is 61.7 cm³/mol. The first-order valence-corrected chi connectivity index (χ1v) is 6.95. The molecule has 0 aliphatic heterocycles. The van der Waals surface area contributed by atoms with Crippen molar-refractivity contribution in [3.63, 3.8) is 0 Å². The molecular weight excluding hydrogens is 229 g/mol. The first kappa shape index (κ1) is 11.1. The summed E-state index contributed by atoms with van der Waals surface area (Å²) in [4.78, 5) is 2.93. The van der Waals surface area contributed by atoms with Crippen molar-refractivity contribution >= 4 is 20.7 Å². The molecule has 0 atom stereocenters. The first-order chi connectivity index (χ1) is 7.47. The van der Waals surface area contributed by atoms with Crippen LogP contribution in [-0.2, 0) is 16.3 Å². The van der Waals surface area contributed by atoms with E-state index in [1.807, 2.05) is 0 Å². The van der Waals surface area contributed by atoms with Gasteiger partial charge in [-0.1, -0.05) is 6.07 Å². The lowest BCUT2D eigenvalue weighted by atomic mass is 10.1. The molecule has 86 valence electrons. The molecule has 1 aromatic carbocycles. The lowest BCUT2D eigenvalue weighted by Crippen LogP contribution is -2.05. The van der Waals surface area contributed by atoms with Gasteiger partial charge in [0.25, 0.3) is 0 Å². The van der Waals surface area contributed by atoms with Gasteiger partial charge in [0.1, 0.15) is 15.7 Å². The summed E-state index contributed by atoms with van der Waals surface area (Å²) in [5.74, 6) is -0.281. The Labute approximate surface area is 93.2 Å². The number of aromatic nitrogens is 1. The zero-order valence-electron chi connectivity index (χ0n) is 8.83. The lowest BCUT2D eigenvalue weighted by molar-refractivity contribution is 0.601. The Morgan fingerprint density at radius 1 is 1.38 bits per heavy atom. The number of benzene rings is 1. The maximum Gasteiger partial charge on any atom is 0.147 e. The van der Waals surface area contributed by atoms with E-state index in [9.17, 15) is 12.8 Å². The number of rotatable bonds is 3. The van der Waals surface area contributed by atoms with Gasteiger partial charge < -0.3 is 4.98 Å². The van der Waals surface area contributed by atoms with Gasteiger partial charge in [0.05, 0.1) is 5.75 Å². The molecule has 0 aliphatic carbocycles. The molecule has 2 rings (SSSR count). The molecule has 1 aromatic heterocycles. The van der Waals surface area contributed by atoms with Gasteiger partial charge in [0.15, 0.2) is 0 Å². The molecule has 0 aliphatic rings. The van der Waals surface area contributed by atoms with E-state index in [4.69, 9.17) is 0 Å². The third kappa shape index (κ3) is 2.24. The van der Waals surface area contributed by atoms with Gasteiger partial charge in [-0.2, -0.15) is 0 Å².